The van der Waals surface area contributed by atoms with E-state index in [-0.39, 0.29) is 12.6 Å². The van der Waals surface area contributed by atoms with Gasteiger partial charge >= 0.3 is 5.97 Å². The monoisotopic (exact) mass is 193 g/mol. The Morgan fingerprint density at radius 3 is 2.86 bits per heavy atom. The topological polar surface area (TPSA) is 65.0 Å². The Morgan fingerprint density at radius 1 is 1.50 bits per heavy atom. The van der Waals surface area contributed by atoms with Gasteiger partial charge in [0.15, 0.2) is 0 Å². The molecule has 0 aliphatic heterocycles. The Kier molecular flexibility index (Phi) is 4.26. The van der Waals surface area contributed by atoms with Crippen molar-refractivity contribution < 1.29 is 9.53 Å². The highest BCUT2D eigenvalue weighted by molar-refractivity contribution is 5.81. The Labute approximate surface area is 81.9 Å². The van der Waals surface area contributed by atoms with Gasteiger partial charge in [0.2, 0.25) is 0 Å². The summed E-state index contributed by atoms with van der Waals surface area (Å²) in [5, 5.41) is 0. The lowest BCUT2D eigenvalue weighted by Gasteiger charge is -1.99. The molecule has 0 radical (unpaired) electrons. The van der Waals surface area contributed by atoms with E-state index < -0.39 is 0 Å². The second kappa shape index (κ2) is 5.80. The van der Waals surface area contributed by atoms with Crippen LogP contribution < -0.4 is 0 Å². The maximum absolute atomic E-state index is 10.9. The molecule has 0 N–H and O–H groups in total. The van der Waals surface area contributed by atoms with Crippen molar-refractivity contribution in [2.45, 2.75) is 13.3 Å². The van der Waals surface area contributed by atoms with Gasteiger partial charge < -0.3 is 4.74 Å². The Balaban J connectivity index is 2.25. The van der Waals surface area contributed by atoms with Crippen LogP contribution in [0.2, 0.25) is 0 Å². The summed E-state index contributed by atoms with van der Waals surface area (Å²) >= 11 is 0. The molecule has 0 amide bonds. The first kappa shape index (κ1) is 10.3. The summed E-state index contributed by atoms with van der Waals surface area (Å²) in [6.45, 7) is 2.04. The summed E-state index contributed by atoms with van der Waals surface area (Å²) in [4.78, 5) is 22.3. The predicted molar refractivity (Wildman–Crippen MR) is 49.3 cm³/mol. The zero-order valence-electron chi connectivity index (χ0n) is 7.88. The maximum Gasteiger partial charge on any atom is 0.330 e. The predicted octanol–water partition coefficient (Wildman–Crippen LogP) is 0.533. The number of aromatic nitrogens is 3. The van der Waals surface area contributed by atoms with Crippen LogP contribution in [0.5, 0.6) is 0 Å². The SMILES string of the molecule is CC=CC(=O)OCCc1ncncn1. The molecule has 0 bridgehead atoms. The lowest BCUT2D eigenvalue weighted by Crippen LogP contribution is -2.06. The van der Waals surface area contributed by atoms with Crippen LogP contribution in [0.15, 0.2) is 24.8 Å². The fourth-order valence-electron chi connectivity index (χ4n) is 0.819. The molecule has 0 saturated heterocycles. The van der Waals surface area contributed by atoms with Gasteiger partial charge in [0, 0.05) is 12.5 Å². The van der Waals surface area contributed by atoms with Crippen LogP contribution in [0.3, 0.4) is 0 Å². The fraction of sp³-hybridized carbons (Fsp3) is 0.333. The van der Waals surface area contributed by atoms with Crippen LogP contribution in [0.1, 0.15) is 12.7 Å². The molecule has 1 aromatic heterocycles. The van der Waals surface area contributed by atoms with Crippen molar-refractivity contribution in [1.82, 2.24) is 15.0 Å². The molecule has 14 heavy (non-hydrogen) atoms. The number of nitrogens with zero attached hydrogens (tertiary/aromatic N) is 3. The summed E-state index contributed by atoms with van der Waals surface area (Å²) in [5.41, 5.74) is 0. The third-order valence-corrected chi connectivity index (χ3v) is 1.42. The number of carbonyl (C=O) groups is 1. The molecule has 0 unspecified atom stereocenters. The fourth-order valence-corrected chi connectivity index (χ4v) is 0.819. The van der Waals surface area contributed by atoms with Gasteiger partial charge in [0.25, 0.3) is 0 Å². The largest absolute Gasteiger partial charge is 0.462 e. The third-order valence-electron chi connectivity index (χ3n) is 1.42. The van der Waals surface area contributed by atoms with Crippen LogP contribution in [0, 0.1) is 0 Å². The quantitative estimate of drug-likeness (QED) is 0.515. The number of allylic oxidation sites excluding steroid dienone is 1. The second-order valence-electron chi connectivity index (χ2n) is 2.47. The van der Waals surface area contributed by atoms with Gasteiger partial charge in [-0.2, -0.15) is 0 Å². The Morgan fingerprint density at radius 2 is 2.21 bits per heavy atom. The van der Waals surface area contributed by atoms with Crippen LogP contribution >= 0.6 is 0 Å². The van der Waals surface area contributed by atoms with Crippen molar-refractivity contribution in [1.29, 1.82) is 0 Å². The van der Waals surface area contributed by atoms with Crippen molar-refractivity contribution in [2.24, 2.45) is 0 Å². The van der Waals surface area contributed by atoms with Crippen LogP contribution in [0.25, 0.3) is 0 Å². The highest BCUT2D eigenvalue weighted by Crippen LogP contribution is 1.89. The van der Waals surface area contributed by atoms with E-state index in [1.165, 1.54) is 18.7 Å². The van der Waals surface area contributed by atoms with E-state index in [1.54, 1.807) is 13.0 Å². The summed E-state index contributed by atoms with van der Waals surface area (Å²) < 4.78 is 4.86. The van der Waals surface area contributed by atoms with Gasteiger partial charge in [-0.05, 0) is 6.92 Å². The lowest BCUT2D eigenvalue weighted by molar-refractivity contribution is -0.137. The third kappa shape index (κ3) is 3.75. The molecular formula is C9H11N3O2. The Bertz CT molecular complexity index is 311. The van der Waals surface area contributed by atoms with Crippen LogP contribution in [-0.2, 0) is 16.0 Å². The summed E-state index contributed by atoms with van der Waals surface area (Å²) in [7, 11) is 0. The zero-order valence-corrected chi connectivity index (χ0v) is 7.88. The van der Waals surface area contributed by atoms with Crippen molar-refractivity contribution in [3.63, 3.8) is 0 Å². The van der Waals surface area contributed by atoms with Gasteiger partial charge in [-0.15, -0.1) is 0 Å². The van der Waals surface area contributed by atoms with Crippen molar-refractivity contribution >= 4 is 5.97 Å². The molecule has 0 saturated carbocycles. The average molecular weight is 193 g/mol. The van der Waals surface area contributed by atoms with Gasteiger partial charge in [-0.1, -0.05) is 6.08 Å². The van der Waals surface area contributed by atoms with Crippen LogP contribution in [0.4, 0.5) is 0 Å². The van der Waals surface area contributed by atoms with Crippen molar-refractivity contribution in [2.75, 3.05) is 6.61 Å². The molecule has 0 atom stereocenters. The number of ether oxygens (including phenoxy) is 1. The molecule has 5 heteroatoms. The smallest absolute Gasteiger partial charge is 0.330 e. The molecule has 0 fully saturated rings. The number of hydrogen-bond donors (Lipinski definition) is 0. The second-order valence-corrected chi connectivity index (χ2v) is 2.47. The first-order valence-electron chi connectivity index (χ1n) is 4.23. The highest BCUT2D eigenvalue weighted by atomic mass is 16.5. The molecule has 74 valence electrons. The zero-order chi connectivity index (χ0) is 10.2. The van der Waals surface area contributed by atoms with E-state index >= 15 is 0 Å². The van der Waals surface area contributed by atoms with Crippen molar-refractivity contribution in [3.8, 4) is 0 Å². The number of rotatable bonds is 4. The van der Waals surface area contributed by atoms with Gasteiger partial charge in [0.1, 0.15) is 18.5 Å². The summed E-state index contributed by atoms with van der Waals surface area (Å²) in [6.07, 6.45) is 6.33. The minimum absolute atomic E-state index is 0.285. The normalized spacial score (nSPS) is 10.4. The van der Waals surface area contributed by atoms with E-state index in [4.69, 9.17) is 4.74 Å². The molecule has 5 nitrogen and oxygen atoms in total. The van der Waals surface area contributed by atoms with Gasteiger partial charge in [0.05, 0.1) is 6.61 Å². The van der Waals surface area contributed by atoms with E-state index in [9.17, 15) is 4.79 Å². The molecule has 0 aliphatic rings. The molecule has 0 spiro atoms. The van der Waals surface area contributed by atoms with E-state index in [0.717, 1.165) is 0 Å². The molecule has 0 aromatic carbocycles. The Hall–Kier alpha value is -1.78. The number of carbonyl (C=O) groups excluding carboxylic acids is 1. The minimum Gasteiger partial charge on any atom is -0.462 e. The molecule has 0 aliphatic carbocycles. The molecule has 1 rings (SSSR count). The minimum atomic E-state index is -0.346. The number of esters is 1. The molecule has 1 aromatic rings. The van der Waals surface area contributed by atoms with Gasteiger partial charge in [-0.3, -0.25) is 0 Å². The van der Waals surface area contributed by atoms with Gasteiger partial charge in [-0.25, -0.2) is 19.7 Å². The first-order valence-corrected chi connectivity index (χ1v) is 4.23. The molecule has 1 heterocycles. The summed E-state index contributed by atoms with van der Waals surface area (Å²) in [5.74, 6) is 0.273. The summed E-state index contributed by atoms with van der Waals surface area (Å²) in [6, 6.07) is 0. The molecular weight excluding hydrogens is 182 g/mol. The van der Waals surface area contributed by atoms with E-state index in [0.29, 0.717) is 12.2 Å². The maximum atomic E-state index is 10.9. The highest BCUT2D eigenvalue weighted by Gasteiger charge is 1.98. The standard InChI is InChI=1S/C9H11N3O2/c1-2-3-9(13)14-5-4-8-11-6-10-7-12-8/h2-3,6-7H,4-5H2,1H3. The lowest BCUT2D eigenvalue weighted by atomic mass is 10.4. The number of hydrogen-bond acceptors (Lipinski definition) is 5. The average Bonchev–Trinajstić information content (AvgIpc) is 2.20. The van der Waals surface area contributed by atoms with Crippen molar-refractivity contribution in [3.05, 3.63) is 30.6 Å². The van der Waals surface area contributed by atoms with Crippen LogP contribution in [-0.4, -0.2) is 27.5 Å². The first-order chi connectivity index (χ1) is 6.83. The van der Waals surface area contributed by atoms with E-state index in [2.05, 4.69) is 15.0 Å². The van der Waals surface area contributed by atoms with E-state index in [1.807, 2.05) is 0 Å².